The number of nitrogens with zero attached hydrogens (tertiary/aromatic N) is 1. The third-order valence-electron chi connectivity index (χ3n) is 2.84. The summed E-state index contributed by atoms with van der Waals surface area (Å²) in [6.07, 6.45) is 0.943. The number of nitrogens with two attached hydrogens (primary N) is 1. The van der Waals surface area contributed by atoms with Crippen molar-refractivity contribution in [1.29, 1.82) is 0 Å². The number of anilines is 1. The van der Waals surface area contributed by atoms with E-state index in [0.29, 0.717) is 0 Å². The van der Waals surface area contributed by atoms with Crippen LogP contribution in [0.1, 0.15) is 12.5 Å². The van der Waals surface area contributed by atoms with E-state index >= 15 is 0 Å². The Labute approximate surface area is 97.2 Å². The minimum Gasteiger partial charge on any atom is -0.378 e. The van der Waals surface area contributed by atoms with E-state index in [2.05, 4.69) is 29.2 Å². The molecule has 88 valence electrons. The molecule has 1 heterocycles. The van der Waals surface area contributed by atoms with Crippen LogP contribution in [0.15, 0.2) is 24.3 Å². The van der Waals surface area contributed by atoms with Crippen molar-refractivity contribution in [3.8, 4) is 0 Å². The topological polar surface area (TPSA) is 38.5 Å². The van der Waals surface area contributed by atoms with Crippen molar-refractivity contribution in [3.05, 3.63) is 29.8 Å². The van der Waals surface area contributed by atoms with Gasteiger partial charge in [-0.15, -0.1) is 0 Å². The van der Waals surface area contributed by atoms with E-state index in [0.717, 1.165) is 32.7 Å². The van der Waals surface area contributed by atoms with Crippen molar-refractivity contribution >= 4 is 5.69 Å². The highest BCUT2D eigenvalue weighted by Gasteiger charge is 2.11. The zero-order valence-electron chi connectivity index (χ0n) is 9.86. The minimum absolute atomic E-state index is 0.222. The second-order valence-corrected chi connectivity index (χ2v) is 4.45. The fraction of sp³-hybridized carbons (Fsp3) is 0.538. The zero-order valence-corrected chi connectivity index (χ0v) is 9.86. The Morgan fingerprint density at radius 1 is 1.38 bits per heavy atom. The molecule has 0 aromatic heterocycles. The predicted octanol–water partition coefficient (Wildman–Crippen LogP) is 1.41. The fourth-order valence-electron chi connectivity index (χ4n) is 2.07. The monoisotopic (exact) mass is 220 g/mol. The molecular formula is C13H20N2O. The molecule has 0 bridgehead atoms. The fourth-order valence-corrected chi connectivity index (χ4v) is 2.07. The van der Waals surface area contributed by atoms with Crippen molar-refractivity contribution in [2.45, 2.75) is 19.4 Å². The molecule has 1 fully saturated rings. The van der Waals surface area contributed by atoms with E-state index in [4.69, 9.17) is 10.5 Å². The lowest BCUT2D eigenvalue weighted by molar-refractivity contribution is 0.122. The maximum absolute atomic E-state index is 5.82. The Bertz CT molecular complexity index is 332. The second-order valence-electron chi connectivity index (χ2n) is 4.45. The van der Waals surface area contributed by atoms with Crippen LogP contribution in [0, 0.1) is 0 Å². The van der Waals surface area contributed by atoms with E-state index in [1.807, 2.05) is 6.92 Å². The van der Waals surface area contributed by atoms with Crippen LogP contribution in [0.25, 0.3) is 0 Å². The zero-order chi connectivity index (χ0) is 11.4. The molecule has 3 nitrogen and oxygen atoms in total. The van der Waals surface area contributed by atoms with Gasteiger partial charge in [-0.2, -0.15) is 0 Å². The summed E-state index contributed by atoms with van der Waals surface area (Å²) in [7, 11) is 0. The Balaban J connectivity index is 2.08. The molecule has 1 atom stereocenters. The Kier molecular flexibility index (Phi) is 3.80. The van der Waals surface area contributed by atoms with Crippen molar-refractivity contribution in [2.24, 2.45) is 5.73 Å². The molecule has 0 radical (unpaired) electrons. The first-order valence-corrected chi connectivity index (χ1v) is 5.93. The van der Waals surface area contributed by atoms with Gasteiger partial charge >= 0.3 is 0 Å². The predicted molar refractivity (Wildman–Crippen MR) is 66.8 cm³/mol. The molecule has 1 saturated heterocycles. The molecule has 3 heteroatoms. The number of ether oxygens (including phenoxy) is 1. The summed E-state index contributed by atoms with van der Waals surface area (Å²) in [6.45, 7) is 5.68. The first-order chi connectivity index (χ1) is 7.75. The van der Waals surface area contributed by atoms with Crippen LogP contribution in [-0.2, 0) is 11.2 Å². The molecule has 1 aliphatic heterocycles. The summed E-state index contributed by atoms with van der Waals surface area (Å²) in [4.78, 5) is 2.37. The third-order valence-corrected chi connectivity index (χ3v) is 2.84. The quantitative estimate of drug-likeness (QED) is 0.837. The minimum atomic E-state index is 0.222. The van der Waals surface area contributed by atoms with Gasteiger partial charge in [0, 0.05) is 24.8 Å². The highest BCUT2D eigenvalue weighted by molar-refractivity contribution is 5.49. The molecule has 1 aromatic rings. The summed E-state index contributed by atoms with van der Waals surface area (Å²) < 4.78 is 5.35. The highest BCUT2D eigenvalue weighted by Crippen LogP contribution is 2.18. The SMILES string of the molecule is CC(N)Cc1cccc(N2CCOCC2)c1. The summed E-state index contributed by atoms with van der Waals surface area (Å²) in [5, 5.41) is 0. The average Bonchev–Trinajstić information content (AvgIpc) is 2.30. The van der Waals surface area contributed by atoms with Crippen LogP contribution in [0.2, 0.25) is 0 Å². The number of hydrogen-bond donors (Lipinski definition) is 1. The van der Waals surface area contributed by atoms with Gasteiger partial charge in [-0.1, -0.05) is 12.1 Å². The van der Waals surface area contributed by atoms with E-state index in [9.17, 15) is 0 Å². The molecule has 16 heavy (non-hydrogen) atoms. The molecule has 0 saturated carbocycles. The van der Waals surface area contributed by atoms with Gasteiger partial charge in [-0.05, 0) is 31.0 Å². The van der Waals surface area contributed by atoms with Crippen molar-refractivity contribution in [2.75, 3.05) is 31.2 Å². The van der Waals surface area contributed by atoms with E-state index in [1.54, 1.807) is 0 Å². The Morgan fingerprint density at radius 3 is 2.81 bits per heavy atom. The van der Waals surface area contributed by atoms with Crippen LogP contribution >= 0.6 is 0 Å². The number of rotatable bonds is 3. The molecule has 2 rings (SSSR count). The van der Waals surface area contributed by atoms with Crippen LogP contribution < -0.4 is 10.6 Å². The van der Waals surface area contributed by atoms with Crippen molar-refractivity contribution in [1.82, 2.24) is 0 Å². The van der Waals surface area contributed by atoms with Gasteiger partial charge in [0.05, 0.1) is 13.2 Å². The smallest absolute Gasteiger partial charge is 0.0642 e. The van der Waals surface area contributed by atoms with Crippen LogP contribution in [0.3, 0.4) is 0 Å². The van der Waals surface area contributed by atoms with Gasteiger partial charge < -0.3 is 15.4 Å². The second kappa shape index (κ2) is 5.32. The van der Waals surface area contributed by atoms with E-state index in [-0.39, 0.29) is 6.04 Å². The number of benzene rings is 1. The lowest BCUT2D eigenvalue weighted by atomic mass is 10.1. The number of hydrogen-bond acceptors (Lipinski definition) is 3. The summed E-state index contributed by atoms with van der Waals surface area (Å²) in [5.41, 5.74) is 8.43. The maximum Gasteiger partial charge on any atom is 0.0642 e. The van der Waals surface area contributed by atoms with Crippen LogP contribution in [0.4, 0.5) is 5.69 Å². The first-order valence-electron chi connectivity index (χ1n) is 5.93. The first kappa shape index (κ1) is 11.4. The molecule has 1 aromatic carbocycles. The summed E-state index contributed by atoms with van der Waals surface area (Å²) in [6, 6.07) is 8.89. The maximum atomic E-state index is 5.82. The molecule has 0 spiro atoms. The van der Waals surface area contributed by atoms with Crippen molar-refractivity contribution in [3.63, 3.8) is 0 Å². The normalized spacial score (nSPS) is 18.5. The van der Waals surface area contributed by atoms with Gasteiger partial charge in [0.1, 0.15) is 0 Å². The molecule has 0 amide bonds. The molecular weight excluding hydrogens is 200 g/mol. The van der Waals surface area contributed by atoms with E-state index in [1.165, 1.54) is 11.3 Å². The molecule has 0 aliphatic carbocycles. The van der Waals surface area contributed by atoms with Gasteiger partial charge in [0.15, 0.2) is 0 Å². The van der Waals surface area contributed by atoms with Gasteiger partial charge in [0.25, 0.3) is 0 Å². The summed E-state index contributed by atoms with van der Waals surface area (Å²) in [5.74, 6) is 0. The lowest BCUT2D eigenvalue weighted by Gasteiger charge is -2.29. The number of morpholine rings is 1. The standard InChI is InChI=1S/C13H20N2O/c1-11(14)9-12-3-2-4-13(10-12)15-5-7-16-8-6-15/h2-4,10-11H,5-9,14H2,1H3. The van der Waals surface area contributed by atoms with Crippen molar-refractivity contribution < 1.29 is 4.74 Å². The average molecular weight is 220 g/mol. The van der Waals surface area contributed by atoms with Crippen LogP contribution in [-0.4, -0.2) is 32.3 Å². The van der Waals surface area contributed by atoms with Gasteiger partial charge in [0.2, 0.25) is 0 Å². The largest absolute Gasteiger partial charge is 0.378 e. The summed E-state index contributed by atoms with van der Waals surface area (Å²) >= 11 is 0. The van der Waals surface area contributed by atoms with Gasteiger partial charge in [-0.25, -0.2) is 0 Å². The Morgan fingerprint density at radius 2 is 2.12 bits per heavy atom. The van der Waals surface area contributed by atoms with Gasteiger partial charge in [-0.3, -0.25) is 0 Å². The third kappa shape index (κ3) is 2.97. The highest BCUT2D eigenvalue weighted by atomic mass is 16.5. The Hall–Kier alpha value is -1.06. The van der Waals surface area contributed by atoms with Crippen LogP contribution in [0.5, 0.6) is 0 Å². The molecule has 1 unspecified atom stereocenters. The lowest BCUT2D eigenvalue weighted by Crippen LogP contribution is -2.36. The molecule has 2 N–H and O–H groups in total. The van der Waals surface area contributed by atoms with E-state index < -0.39 is 0 Å². The molecule has 1 aliphatic rings.